The van der Waals surface area contributed by atoms with Crippen LogP contribution >= 0.6 is 0 Å². The molecule has 2 aromatic carbocycles. The minimum atomic E-state index is -0.268. The van der Waals surface area contributed by atoms with E-state index in [9.17, 15) is 14.3 Å². The van der Waals surface area contributed by atoms with Gasteiger partial charge in [0.25, 0.3) is 0 Å². The van der Waals surface area contributed by atoms with Crippen LogP contribution in [0.1, 0.15) is 89.5 Å². The average Bonchev–Trinajstić information content (AvgIpc) is 2.66. The highest BCUT2D eigenvalue weighted by Crippen LogP contribution is 2.41. The predicted molar refractivity (Wildman–Crippen MR) is 109 cm³/mol. The van der Waals surface area contributed by atoms with E-state index < -0.39 is 0 Å². The highest BCUT2D eigenvalue weighted by Gasteiger charge is 2.24. The second kappa shape index (κ2) is 9.68. The van der Waals surface area contributed by atoms with Crippen LogP contribution in [0, 0.1) is 26.6 Å². The lowest BCUT2D eigenvalue weighted by Crippen LogP contribution is -2.09. The SMILES string of the molecule is CCCCCCCC(c1ccc(F)cc1)c1c(C)c(C=O)c(C)c(C)c1O. The molecule has 27 heavy (non-hydrogen) atoms. The Hall–Kier alpha value is -2.16. The predicted octanol–water partition coefficient (Wildman–Crippen LogP) is 6.76. The number of halogens is 1. The Balaban J connectivity index is 2.48. The number of hydrogen-bond acceptors (Lipinski definition) is 2. The topological polar surface area (TPSA) is 37.3 Å². The van der Waals surface area contributed by atoms with Gasteiger partial charge in [-0.3, -0.25) is 4.79 Å². The maximum atomic E-state index is 13.4. The van der Waals surface area contributed by atoms with E-state index in [-0.39, 0.29) is 17.5 Å². The molecule has 2 rings (SSSR count). The summed E-state index contributed by atoms with van der Waals surface area (Å²) in [4.78, 5) is 11.7. The van der Waals surface area contributed by atoms with E-state index in [4.69, 9.17) is 0 Å². The summed E-state index contributed by atoms with van der Waals surface area (Å²) >= 11 is 0. The van der Waals surface area contributed by atoms with Gasteiger partial charge in [-0.15, -0.1) is 0 Å². The van der Waals surface area contributed by atoms with Crippen LogP contribution < -0.4 is 0 Å². The summed E-state index contributed by atoms with van der Waals surface area (Å²) in [5.74, 6) is -0.0567. The van der Waals surface area contributed by atoms with Gasteiger partial charge in [0.05, 0.1) is 0 Å². The molecule has 1 N–H and O–H groups in total. The van der Waals surface area contributed by atoms with Crippen molar-refractivity contribution >= 4 is 6.29 Å². The molecular weight excluding hydrogens is 339 g/mol. The first kappa shape index (κ1) is 21.1. The number of benzene rings is 2. The van der Waals surface area contributed by atoms with Gasteiger partial charge in [0.2, 0.25) is 0 Å². The second-order valence-electron chi connectivity index (χ2n) is 7.48. The summed E-state index contributed by atoms with van der Waals surface area (Å²) in [6, 6.07) is 6.52. The van der Waals surface area contributed by atoms with Crippen molar-refractivity contribution < 1.29 is 14.3 Å². The van der Waals surface area contributed by atoms with Crippen LogP contribution in [0.15, 0.2) is 24.3 Å². The number of aldehydes is 1. The van der Waals surface area contributed by atoms with E-state index in [0.717, 1.165) is 53.4 Å². The number of carbonyl (C=O) groups excluding carboxylic acids is 1. The van der Waals surface area contributed by atoms with Gasteiger partial charge in [0.15, 0.2) is 6.29 Å². The number of rotatable bonds is 9. The Labute approximate surface area is 162 Å². The van der Waals surface area contributed by atoms with Crippen LogP contribution in [-0.4, -0.2) is 11.4 Å². The third kappa shape index (κ3) is 4.77. The maximum Gasteiger partial charge on any atom is 0.150 e. The molecule has 0 aliphatic heterocycles. The lowest BCUT2D eigenvalue weighted by atomic mass is 9.80. The van der Waals surface area contributed by atoms with Crippen molar-refractivity contribution in [2.24, 2.45) is 0 Å². The summed E-state index contributed by atoms with van der Waals surface area (Å²) in [7, 11) is 0. The Bertz CT molecular complexity index is 778. The van der Waals surface area contributed by atoms with Gasteiger partial charge in [-0.05, 0) is 61.6 Å². The second-order valence-corrected chi connectivity index (χ2v) is 7.48. The maximum absolute atomic E-state index is 13.4. The van der Waals surface area contributed by atoms with Crippen LogP contribution in [0.2, 0.25) is 0 Å². The molecule has 0 saturated heterocycles. The highest BCUT2D eigenvalue weighted by atomic mass is 19.1. The van der Waals surface area contributed by atoms with Gasteiger partial charge in [-0.25, -0.2) is 4.39 Å². The molecule has 0 aromatic heterocycles. The summed E-state index contributed by atoms with van der Waals surface area (Å²) in [5, 5.41) is 10.9. The minimum Gasteiger partial charge on any atom is -0.507 e. The van der Waals surface area contributed by atoms with E-state index in [1.165, 1.54) is 31.4 Å². The van der Waals surface area contributed by atoms with Crippen LogP contribution in [0.4, 0.5) is 4.39 Å². The molecule has 0 spiro atoms. The Morgan fingerprint density at radius 1 is 0.963 bits per heavy atom. The molecule has 2 nitrogen and oxygen atoms in total. The first-order chi connectivity index (χ1) is 12.9. The van der Waals surface area contributed by atoms with Crippen molar-refractivity contribution in [3.05, 3.63) is 63.5 Å². The van der Waals surface area contributed by atoms with Gasteiger partial charge in [-0.1, -0.05) is 51.2 Å². The summed E-state index contributed by atoms with van der Waals surface area (Å²) < 4.78 is 13.4. The van der Waals surface area contributed by atoms with E-state index in [0.29, 0.717) is 5.56 Å². The first-order valence-electron chi connectivity index (χ1n) is 9.95. The number of unbranched alkanes of at least 4 members (excludes halogenated alkanes) is 4. The molecule has 3 heteroatoms. The lowest BCUT2D eigenvalue weighted by molar-refractivity contribution is 0.112. The molecule has 0 aliphatic carbocycles. The number of aromatic hydroxyl groups is 1. The molecule has 1 unspecified atom stereocenters. The van der Waals surface area contributed by atoms with Gasteiger partial charge in [0.1, 0.15) is 11.6 Å². The van der Waals surface area contributed by atoms with E-state index in [2.05, 4.69) is 6.92 Å². The number of phenols is 1. The summed E-state index contributed by atoms with van der Waals surface area (Å²) in [5.41, 5.74) is 4.83. The molecule has 0 aliphatic rings. The third-order valence-electron chi connectivity index (χ3n) is 5.72. The number of hydrogen-bond donors (Lipinski definition) is 1. The van der Waals surface area contributed by atoms with Crippen molar-refractivity contribution in [1.82, 2.24) is 0 Å². The third-order valence-corrected chi connectivity index (χ3v) is 5.72. The largest absolute Gasteiger partial charge is 0.507 e. The number of carbonyl (C=O) groups is 1. The Morgan fingerprint density at radius 2 is 1.59 bits per heavy atom. The summed E-state index contributed by atoms with van der Waals surface area (Å²) in [6.07, 6.45) is 7.53. The fourth-order valence-electron chi connectivity index (χ4n) is 3.91. The molecule has 2 aromatic rings. The van der Waals surface area contributed by atoms with E-state index >= 15 is 0 Å². The standard InChI is InChI=1S/C24H31FO2/c1-5-6-7-8-9-10-21(19-11-13-20(25)14-12-19)23-18(4)22(15-26)16(2)17(3)24(23)27/h11-15,21,27H,5-10H2,1-4H3. The molecule has 0 saturated carbocycles. The van der Waals surface area contributed by atoms with E-state index in [1.54, 1.807) is 12.1 Å². The Kier molecular flexibility index (Phi) is 7.58. The average molecular weight is 371 g/mol. The minimum absolute atomic E-state index is 0.0507. The van der Waals surface area contributed by atoms with Gasteiger partial charge < -0.3 is 5.11 Å². The molecule has 0 bridgehead atoms. The van der Waals surface area contributed by atoms with Gasteiger partial charge in [-0.2, -0.15) is 0 Å². The van der Waals surface area contributed by atoms with E-state index in [1.807, 2.05) is 20.8 Å². The van der Waals surface area contributed by atoms with Crippen LogP contribution in [-0.2, 0) is 0 Å². The molecule has 146 valence electrons. The smallest absolute Gasteiger partial charge is 0.150 e. The van der Waals surface area contributed by atoms with Gasteiger partial charge in [0, 0.05) is 17.0 Å². The number of phenolic OH excluding ortho intramolecular Hbond substituents is 1. The van der Waals surface area contributed by atoms with Crippen LogP contribution in [0.25, 0.3) is 0 Å². The molecule has 0 fully saturated rings. The fraction of sp³-hybridized carbons (Fsp3) is 0.458. The molecular formula is C24H31FO2. The quantitative estimate of drug-likeness (QED) is 0.391. The fourth-order valence-corrected chi connectivity index (χ4v) is 3.91. The first-order valence-corrected chi connectivity index (χ1v) is 9.95. The van der Waals surface area contributed by atoms with Gasteiger partial charge >= 0.3 is 0 Å². The van der Waals surface area contributed by atoms with Crippen molar-refractivity contribution in [3.8, 4) is 5.75 Å². The lowest BCUT2D eigenvalue weighted by Gasteiger charge is -2.25. The molecule has 0 amide bonds. The molecule has 0 heterocycles. The molecule has 1 atom stereocenters. The highest BCUT2D eigenvalue weighted by molar-refractivity contribution is 5.82. The van der Waals surface area contributed by atoms with Crippen LogP contribution in [0.5, 0.6) is 5.75 Å². The van der Waals surface area contributed by atoms with Crippen molar-refractivity contribution in [2.75, 3.05) is 0 Å². The Morgan fingerprint density at radius 3 is 2.19 bits per heavy atom. The zero-order chi connectivity index (χ0) is 20.0. The molecule has 0 radical (unpaired) electrons. The monoisotopic (exact) mass is 370 g/mol. The zero-order valence-corrected chi connectivity index (χ0v) is 16.9. The van der Waals surface area contributed by atoms with Crippen LogP contribution in [0.3, 0.4) is 0 Å². The normalized spacial score (nSPS) is 12.2. The summed E-state index contributed by atoms with van der Waals surface area (Å²) in [6.45, 7) is 7.81. The van der Waals surface area contributed by atoms with Crippen molar-refractivity contribution in [3.63, 3.8) is 0 Å². The zero-order valence-electron chi connectivity index (χ0n) is 16.9. The van der Waals surface area contributed by atoms with Crippen molar-refractivity contribution in [1.29, 1.82) is 0 Å². The van der Waals surface area contributed by atoms with Crippen molar-refractivity contribution in [2.45, 2.75) is 72.1 Å².